The SMILES string of the molecule is Cc1cc(-c2cccc3c2oc2cc(-c4cc(C(C)C)c(C)cn4)[c-]cc23)cc(C)n1.[CH3][Ge]([CH3])([CH3])[c]1ccc(-c2[c-]cccc2)nc1.[Ir]. The standard InChI is InChI=1S/C28H25N2O.C14H16GeN.Ir/c1-16(2)25-14-26(29-15-17(25)3)20-9-10-23-24-8-6-7-22(28(24)31-27(23)13-20)21-11-18(4)30-19(5)12-21;1-15(2,3)13-9-10-14(16-11-13)12-7-5-4-6-8-12;/h6-8,10-16H,1-5H3;4-7,9-11H,1-3H3;/q2*-1;. The molecule has 3 aromatic carbocycles. The molecule has 7 rings (SSSR count). The zero-order chi connectivity index (χ0) is 33.3. The topological polar surface area (TPSA) is 51.8 Å². The summed E-state index contributed by atoms with van der Waals surface area (Å²) in [6.07, 6.45) is 3.99. The minimum Gasteiger partial charge on any atom is 0 e. The first-order valence-corrected chi connectivity index (χ1v) is 23.6. The van der Waals surface area contributed by atoms with Crippen molar-refractivity contribution in [1.29, 1.82) is 0 Å². The van der Waals surface area contributed by atoms with Crippen LogP contribution in [-0.2, 0) is 20.1 Å². The number of nitrogens with zero attached hydrogens (tertiary/aromatic N) is 3. The quantitative estimate of drug-likeness (QED) is 0.128. The van der Waals surface area contributed by atoms with Crippen LogP contribution in [0.2, 0.25) is 17.3 Å². The molecule has 4 aromatic heterocycles. The number of aryl methyl sites for hydroxylation is 3. The smallest absolute Gasteiger partial charge is 0 e. The molecule has 0 N–H and O–H groups in total. The molecule has 0 spiro atoms. The fraction of sp³-hybridized carbons (Fsp3) is 0.214. The summed E-state index contributed by atoms with van der Waals surface area (Å²) in [6.45, 7) is 10.6. The largest absolute Gasteiger partial charge is 0 e. The summed E-state index contributed by atoms with van der Waals surface area (Å²) in [7, 11) is 0. The second-order valence-electron chi connectivity index (χ2n) is 13.6. The third-order valence-corrected chi connectivity index (χ3v) is 12.7. The third-order valence-electron chi connectivity index (χ3n) is 8.48. The second kappa shape index (κ2) is 14.7. The van der Waals surface area contributed by atoms with Gasteiger partial charge >= 0.3 is 99.8 Å². The van der Waals surface area contributed by atoms with Crippen molar-refractivity contribution in [3.63, 3.8) is 0 Å². The molecule has 0 amide bonds. The van der Waals surface area contributed by atoms with Gasteiger partial charge in [0.15, 0.2) is 0 Å². The molecular weight excluding hydrogens is 827 g/mol. The van der Waals surface area contributed by atoms with Crippen molar-refractivity contribution >= 4 is 39.6 Å². The summed E-state index contributed by atoms with van der Waals surface area (Å²) in [5.74, 6) is 7.59. The Morgan fingerprint density at radius 1 is 0.729 bits per heavy atom. The summed E-state index contributed by atoms with van der Waals surface area (Å²) in [5, 5.41) is 2.17. The van der Waals surface area contributed by atoms with Crippen LogP contribution in [0, 0.1) is 32.9 Å². The molecule has 7 aromatic rings. The van der Waals surface area contributed by atoms with E-state index >= 15 is 0 Å². The molecule has 0 aliphatic carbocycles. The summed E-state index contributed by atoms with van der Waals surface area (Å²) in [5.41, 5.74) is 12.5. The minimum atomic E-state index is -1.72. The molecular formula is C42H41GeIrN3O-2. The number of hydrogen-bond acceptors (Lipinski definition) is 4. The first-order valence-electron chi connectivity index (χ1n) is 16.2. The van der Waals surface area contributed by atoms with Gasteiger partial charge in [0.1, 0.15) is 5.58 Å². The van der Waals surface area contributed by atoms with Gasteiger partial charge in [0, 0.05) is 43.3 Å². The van der Waals surface area contributed by atoms with Crippen molar-refractivity contribution in [3.8, 4) is 33.6 Å². The molecule has 1 radical (unpaired) electrons. The maximum Gasteiger partial charge on any atom is 0 e. The molecule has 0 aliphatic heterocycles. The van der Waals surface area contributed by atoms with E-state index in [2.05, 4.69) is 120 Å². The van der Waals surface area contributed by atoms with Crippen LogP contribution in [0.4, 0.5) is 0 Å². The van der Waals surface area contributed by atoms with Crippen molar-refractivity contribution < 1.29 is 24.5 Å². The Balaban J connectivity index is 0.000000224. The summed E-state index contributed by atoms with van der Waals surface area (Å²) in [4.78, 5) is 13.7. The first kappa shape index (κ1) is 35.4. The molecule has 0 saturated heterocycles. The first-order chi connectivity index (χ1) is 22.5. The molecule has 48 heavy (non-hydrogen) atoms. The van der Waals surface area contributed by atoms with Gasteiger partial charge in [-0.3, -0.25) is 4.98 Å². The fourth-order valence-corrected chi connectivity index (χ4v) is 8.13. The van der Waals surface area contributed by atoms with E-state index in [1.165, 1.54) is 15.5 Å². The van der Waals surface area contributed by atoms with Crippen molar-refractivity contribution in [2.45, 2.75) is 57.8 Å². The number of aromatic nitrogens is 3. The summed E-state index contributed by atoms with van der Waals surface area (Å²) in [6, 6.07) is 35.7. The number of pyridine rings is 3. The molecule has 0 atom stereocenters. The van der Waals surface area contributed by atoms with Gasteiger partial charge in [-0.05, 0) is 66.6 Å². The number of fused-ring (bicyclic) bond motifs is 3. The van der Waals surface area contributed by atoms with Gasteiger partial charge in [-0.1, -0.05) is 49.6 Å². The third kappa shape index (κ3) is 7.70. The van der Waals surface area contributed by atoms with Gasteiger partial charge in [0.25, 0.3) is 0 Å². The van der Waals surface area contributed by atoms with Crippen molar-refractivity contribution in [3.05, 3.63) is 132 Å². The van der Waals surface area contributed by atoms with Crippen molar-refractivity contribution in [1.82, 2.24) is 15.0 Å². The van der Waals surface area contributed by atoms with E-state index in [9.17, 15) is 0 Å². The monoisotopic (exact) mass is 870 g/mol. The number of rotatable bonds is 5. The zero-order valence-electron chi connectivity index (χ0n) is 28.9. The van der Waals surface area contributed by atoms with Gasteiger partial charge in [0.2, 0.25) is 0 Å². The predicted octanol–water partition coefficient (Wildman–Crippen LogP) is 10.7. The maximum absolute atomic E-state index is 6.41. The average molecular weight is 869 g/mol. The van der Waals surface area contributed by atoms with Gasteiger partial charge in [-0.2, -0.15) is 0 Å². The van der Waals surface area contributed by atoms with Crippen LogP contribution < -0.4 is 4.40 Å². The average Bonchev–Trinajstić information content (AvgIpc) is 3.43. The molecule has 0 bridgehead atoms. The van der Waals surface area contributed by atoms with Crippen LogP contribution in [0.5, 0.6) is 0 Å². The van der Waals surface area contributed by atoms with E-state index in [4.69, 9.17) is 4.42 Å². The molecule has 0 aliphatic rings. The summed E-state index contributed by atoms with van der Waals surface area (Å²) < 4.78 is 7.86. The zero-order valence-corrected chi connectivity index (χ0v) is 33.4. The van der Waals surface area contributed by atoms with Crippen LogP contribution in [0.1, 0.15) is 42.3 Å². The minimum absolute atomic E-state index is 0. The molecule has 4 nitrogen and oxygen atoms in total. The number of benzene rings is 3. The van der Waals surface area contributed by atoms with E-state index in [0.717, 1.165) is 67.0 Å². The van der Waals surface area contributed by atoms with Gasteiger partial charge in [-0.25, -0.2) is 0 Å². The molecule has 4 heterocycles. The van der Waals surface area contributed by atoms with Crippen LogP contribution in [-0.4, -0.2) is 28.2 Å². The Hall–Kier alpha value is -3.90. The van der Waals surface area contributed by atoms with Crippen LogP contribution in [0.25, 0.3) is 55.6 Å². The number of furan rings is 1. The molecule has 0 fully saturated rings. The van der Waals surface area contributed by atoms with Crippen LogP contribution in [0.3, 0.4) is 0 Å². The van der Waals surface area contributed by atoms with Crippen LogP contribution in [0.15, 0.2) is 102 Å². The second-order valence-corrected chi connectivity index (χ2v) is 24.2. The van der Waals surface area contributed by atoms with Gasteiger partial charge in [-0.15, -0.1) is 17.7 Å². The van der Waals surface area contributed by atoms with E-state index < -0.39 is 13.3 Å². The number of para-hydroxylation sites is 1. The number of hydrogen-bond donors (Lipinski definition) is 0. The van der Waals surface area contributed by atoms with Gasteiger partial charge in [0.05, 0.1) is 5.58 Å². The molecule has 245 valence electrons. The van der Waals surface area contributed by atoms with Crippen molar-refractivity contribution in [2.75, 3.05) is 0 Å². The van der Waals surface area contributed by atoms with Crippen molar-refractivity contribution in [2.24, 2.45) is 0 Å². The predicted molar refractivity (Wildman–Crippen MR) is 199 cm³/mol. The van der Waals surface area contributed by atoms with E-state index in [1.54, 1.807) is 0 Å². The normalized spacial score (nSPS) is 11.4. The Labute approximate surface area is 300 Å². The maximum atomic E-state index is 6.41. The van der Waals surface area contributed by atoms with E-state index in [1.807, 2.05) is 56.6 Å². The Bertz CT molecular complexity index is 2160. The Morgan fingerprint density at radius 3 is 2.12 bits per heavy atom. The van der Waals surface area contributed by atoms with E-state index in [-0.39, 0.29) is 20.1 Å². The van der Waals surface area contributed by atoms with Gasteiger partial charge < -0.3 is 9.40 Å². The van der Waals surface area contributed by atoms with E-state index in [0.29, 0.717) is 5.92 Å². The van der Waals surface area contributed by atoms with Crippen LogP contribution >= 0.6 is 0 Å². The molecule has 0 saturated carbocycles. The fourth-order valence-electron chi connectivity index (χ4n) is 5.96. The molecule has 0 unspecified atom stereocenters. The Morgan fingerprint density at radius 2 is 1.48 bits per heavy atom. The Kier molecular flexibility index (Phi) is 10.8. The summed E-state index contributed by atoms with van der Waals surface area (Å²) >= 11 is -1.72. The molecule has 6 heteroatoms.